The fraction of sp³-hybridized carbons (Fsp3) is 0.370. The third kappa shape index (κ3) is 5.26. The van der Waals surface area contributed by atoms with Crippen LogP contribution in [-0.4, -0.2) is 60.0 Å². The van der Waals surface area contributed by atoms with Gasteiger partial charge in [-0.2, -0.15) is 0 Å². The second kappa shape index (κ2) is 11.0. The number of benzene rings is 2. The van der Waals surface area contributed by atoms with Crippen LogP contribution in [0, 0.1) is 6.92 Å². The number of esters is 1. The molecule has 208 valence electrons. The molecule has 2 aromatic heterocycles. The molecule has 1 aliphatic heterocycles. The first kappa shape index (κ1) is 26.9. The number of hydrogen-bond acceptors (Lipinski definition) is 9. The molecule has 1 aliphatic carbocycles. The molecule has 1 saturated carbocycles. The molecule has 2 fully saturated rings. The number of halogens is 1. The number of hydrogen-bond donors (Lipinski definition) is 2. The zero-order chi connectivity index (χ0) is 28.0. The lowest BCUT2D eigenvalue weighted by Crippen LogP contribution is -2.33. The first-order chi connectivity index (χ1) is 19.3. The van der Waals surface area contributed by atoms with Crippen molar-refractivity contribution in [1.82, 2.24) is 24.3 Å². The summed E-state index contributed by atoms with van der Waals surface area (Å²) in [7, 11) is 0. The number of aliphatic hydroxyl groups is 1. The Labute approximate surface area is 240 Å². The molecule has 2 aromatic carbocycles. The van der Waals surface area contributed by atoms with E-state index < -0.39 is 35.7 Å². The predicted molar refractivity (Wildman–Crippen MR) is 151 cm³/mol. The van der Waals surface area contributed by atoms with Gasteiger partial charge in [0.05, 0.1) is 17.5 Å². The summed E-state index contributed by atoms with van der Waals surface area (Å²) in [5.41, 5.74) is 1.49. The van der Waals surface area contributed by atoms with Gasteiger partial charge < -0.3 is 14.6 Å². The van der Waals surface area contributed by atoms with Gasteiger partial charge in [-0.05, 0) is 58.6 Å². The number of aromatic nitrogens is 5. The number of nitrogens with zero attached hydrogens (tertiary/aromatic N) is 4. The Kier molecular flexibility index (Phi) is 7.38. The number of carbonyl (C=O) groups is 1. The lowest BCUT2D eigenvalue weighted by atomic mass is 9.99. The van der Waals surface area contributed by atoms with Crippen LogP contribution < -0.4 is 11.2 Å². The average Bonchev–Trinajstić information content (AvgIpc) is 3.63. The van der Waals surface area contributed by atoms with Gasteiger partial charge in [0, 0.05) is 23.6 Å². The summed E-state index contributed by atoms with van der Waals surface area (Å²) < 4.78 is 14.8. The van der Waals surface area contributed by atoms with Crippen LogP contribution in [0.4, 0.5) is 0 Å². The highest BCUT2D eigenvalue weighted by Gasteiger charge is 2.36. The minimum atomic E-state index is -0.949. The number of aromatic amines is 1. The van der Waals surface area contributed by atoms with Gasteiger partial charge >= 0.3 is 11.7 Å². The van der Waals surface area contributed by atoms with E-state index in [9.17, 15) is 19.5 Å². The fourth-order valence-electron chi connectivity index (χ4n) is 4.98. The molecule has 40 heavy (non-hydrogen) atoms. The number of nitrogens with one attached hydrogen (secondary N) is 1. The van der Waals surface area contributed by atoms with E-state index in [0.29, 0.717) is 21.4 Å². The minimum absolute atomic E-state index is 0.0337. The molecule has 2 aliphatic rings. The average molecular weight is 629 g/mol. The lowest BCUT2D eigenvalue weighted by Gasteiger charge is -2.16. The maximum atomic E-state index is 12.6. The standard InChI is InChI=1S/C27H26BrN5O6S/c1-14-11-32(26(37)29-24(14)36)22-10-20(34)21(39-22)12-38-23(35)13-40-27-31-30-25(28)33(27)19-9-8-16(15-6-7-15)17-4-2-3-5-18(17)19/h2-5,8-9,11,15,20-22,34H,6-7,10,12-13H2,1H3,(H,29,36,37). The normalized spacial score (nSPS) is 20.7. The first-order valence-electron chi connectivity index (χ1n) is 12.9. The van der Waals surface area contributed by atoms with E-state index >= 15 is 0 Å². The van der Waals surface area contributed by atoms with Gasteiger partial charge in [0.15, 0.2) is 5.16 Å². The van der Waals surface area contributed by atoms with Crippen molar-refractivity contribution >= 4 is 44.4 Å². The molecule has 1 saturated heterocycles. The van der Waals surface area contributed by atoms with E-state index in [1.165, 1.54) is 46.3 Å². The van der Waals surface area contributed by atoms with Gasteiger partial charge in [-0.15, -0.1) is 10.2 Å². The minimum Gasteiger partial charge on any atom is -0.462 e. The van der Waals surface area contributed by atoms with Crippen LogP contribution in [0.15, 0.2) is 62.1 Å². The number of thioether (sulfide) groups is 1. The van der Waals surface area contributed by atoms with Gasteiger partial charge in [-0.1, -0.05) is 42.1 Å². The van der Waals surface area contributed by atoms with Crippen LogP contribution in [0.5, 0.6) is 0 Å². The molecule has 0 bridgehead atoms. The van der Waals surface area contributed by atoms with E-state index in [-0.39, 0.29) is 18.8 Å². The highest BCUT2D eigenvalue weighted by Crippen LogP contribution is 2.44. The summed E-state index contributed by atoms with van der Waals surface area (Å²) in [5.74, 6) is 0.0564. The zero-order valence-electron chi connectivity index (χ0n) is 21.4. The summed E-state index contributed by atoms with van der Waals surface area (Å²) >= 11 is 4.69. The molecule has 2 N–H and O–H groups in total. The van der Waals surface area contributed by atoms with Crippen molar-refractivity contribution < 1.29 is 19.4 Å². The third-order valence-electron chi connectivity index (χ3n) is 7.17. The quantitative estimate of drug-likeness (QED) is 0.222. The highest BCUT2D eigenvalue weighted by molar-refractivity contribution is 9.10. The van der Waals surface area contributed by atoms with Crippen LogP contribution in [0.1, 0.15) is 42.5 Å². The number of ether oxygens (including phenoxy) is 2. The maximum Gasteiger partial charge on any atom is 0.330 e. The number of fused-ring (bicyclic) bond motifs is 1. The van der Waals surface area contributed by atoms with Crippen LogP contribution >= 0.6 is 27.7 Å². The zero-order valence-corrected chi connectivity index (χ0v) is 23.9. The predicted octanol–water partition coefficient (Wildman–Crippen LogP) is 3.20. The van der Waals surface area contributed by atoms with E-state index in [2.05, 4.69) is 55.4 Å². The van der Waals surface area contributed by atoms with Crippen LogP contribution in [0.3, 0.4) is 0 Å². The van der Waals surface area contributed by atoms with Crippen LogP contribution in [-0.2, 0) is 14.3 Å². The summed E-state index contributed by atoms with van der Waals surface area (Å²) in [4.78, 5) is 38.7. The summed E-state index contributed by atoms with van der Waals surface area (Å²) in [6.45, 7) is 1.39. The van der Waals surface area contributed by atoms with Crippen LogP contribution in [0.25, 0.3) is 16.5 Å². The Hall–Kier alpha value is -3.26. The Morgan fingerprint density at radius 3 is 2.75 bits per heavy atom. The van der Waals surface area contributed by atoms with Crippen molar-refractivity contribution in [2.75, 3.05) is 12.4 Å². The number of carbonyl (C=O) groups excluding carboxylic acids is 1. The second-order valence-electron chi connectivity index (χ2n) is 9.96. The molecule has 3 atom stereocenters. The van der Waals surface area contributed by atoms with Gasteiger partial charge in [0.2, 0.25) is 4.73 Å². The van der Waals surface area contributed by atoms with Crippen LogP contribution in [0.2, 0.25) is 0 Å². The van der Waals surface area contributed by atoms with E-state index in [1.54, 1.807) is 6.92 Å². The van der Waals surface area contributed by atoms with Crippen molar-refractivity contribution in [2.45, 2.75) is 55.7 Å². The first-order valence-corrected chi connectivity index (χ1v) is 14.6. The van der Waals surface area contributed by atoms with E-state index in [0.717, 1.165) is 11.1 Å². The Balaban J connectivity index is 1.11. The van der Waals surface area contributed by atoms with Crippen molar-refractivity contribution in [3.05, 3.63) is 79.3 Å². The Bertz CT molecular complexity index is 1710. The number of rotatable bonds is 8. The second-order valence-corrected chi connectivity index (χ2v) is 11.6. The summed E-state index contributed by atoms with van der Waals surface area (Å²) in [5, 5.41) is 21.7. The SMILES string of the molecule is Cc1cn(C2CC(O)C(COC(=O)CSc3nnc(Br)n3-c3ccc(C4CC4)c4ccccc34)O2)c(=O)[nH]c1=O. The van der Waals surface area contributed by atoms with Crippen molar-refractivity contribution in [2.24, 2.45) is 0 Å². The molecule has 4 aromatic rings. The van der Waals surface area contributed by atoms with Gasteiger partial charge in [-0.25, -0.2) is 4.79 Å². The monoisotopic (exact) mass is 627 g/mol. The number of aliphatic hydroxyl groups excluding tert-OH is 1. The molecule has 6 rings (SSSR count). The fourth-order valence-corrected chi connectivity index (χ4v) is 6.27. The smallest absolute Gasteiger partial charge is 0.330 e. The molecule has 11 nitrogen and oxygen atoms in total. The van der Waals surface area contributed by atoms with E-state index in [1.807, 2.05) is 16.7 Å². The highest BCUT2D eigenvalue weighted by atomic mass is 79.9. The lowest BCUT2D eigenvalue weighted by molar-refractivity contribution is -0.147. The largest absolute Gasteiger partial charge is 0.462 e. The van der Waals surface area contributed by atoms with Gasteiger partial charge in [0.1, 0.15) is 18.9 Å². The van der Waals surface area contributed by atoms with Gasteiger partial charge in [-0.3, -0.25) is 23.7 Å². The molecule has 0 spiro atoms. The molecular weight excluding hydrogens is 602 g/mol. The van der Waals surface area contributed by atoms with Crippen molar-refractivity contribution in [1.29, 1.82) is 0 Å². The molecule has 0 radical (unpaired) electrons. The molecule has 3 unspecified atom stereocenters. The molecule has 3 heterocycles. The molecular formula is C27H26BrN5O6S. The van der Waals surface area contributed by atoms with Crippen molar-refractivity contribution in [3.8, 4) is 5.69 Å². The maximum absolute atomic E-state index is 12.6. The van der Waals surface area contributed by atoms with E-state index in [4.69, 9.17) is 9.47 Å². The Morgan fingerprint density at radius 1 is 1.20 bits per heavy atom. The van der Waals surface area contributed by atoms with Gasteiger partial charge in [0.25, 0.3) is 5.56 Å². The topological polar surface area (TPSA) is 141 Å². The Morgan fingerprint density at radius 2 is 1.98 bits per heavy atom. The summed E-state index contributed by atoms with van der Waals surface area (Å²) in [6, 6.07) is 12.5. The molecule has 13 heteroatoms. The number of aryl methyl sites for hydroxylation is 1. The third-order valence-corrected chi connectivity index (χ3v) is 8.59. The number of H-pyrrole nitrogens is 1. The van der Waals surface area contributed by atoms with Crippen molar-refractivity contribution in [3.63, 3.8) is 0 Å². The summed E-state index contributed by atoms with van der Waals surface area (Å²) in [6.07, 6.45) is 1.37. The molecule has 0 amide bonds.